The number of amides is 1. The largest absolute Gasteiger partial charge is 0.335 e. The zero-order chi connectivity index (χ0) is 14.5. The van der Waals surface area contributed by atoms with Gasteiger partial charge >= 0.3 is 0 Å². The number of pyridine rings is 1. The maximum Gasteiger partial charge on any atom is 0.255 e. The number of carbonyl (C=O) groups excluding carboxylic acids is 1. The second kappa shape index (κ2) is 7.17. The Morgan fingerprint density at radius 2 is 2.00 bits per heavy atom. The Kier molecular flexibility index (Phi) is 5.54. The van der Waals surface area contributed by atoms with E-state index in [-0.39, 0.29) is 5.91 Å². The molecule has 2 aromatic rings. The highest BCUT2D eigenvalue weighted by molar-refractivity contribution is 14.1. The molecule has 104 valence electrons. The molecule has 1 heterocycles. The van der Waals surface area contributed by atoms with Crippen molar-refractivity contribution < 1.29 is 4.79 Å². The fourth-order valence-electron chi connectivity index (χ4n) is 1.87. The summed E-state index contributed by atoms with van der Waals surface area (Å²) in [5.74, 6) is 0.0509. The standard InChI is InChI=1S/C15H14BrIN2O/c1-2-19(10-11-5-7-18-8-6-11)15(20)13-9-12(16)3-4-14(13)17/h3-9H,2,10H2,1H3. The number of benzene rings is 1. The SMILES string of the molecule is CCN(Cc1ccncc1)C(=O)c1cc(Br)ccc1I. The molecule has 0 fully saturated rings. The van der Waals surface area contributed by atoms with Crippen molar-refractivity contribution in [3.05, 3.63) is 61.9 Å². The van der Waals surface area contributed by atoms with Crippen LogP contribution in [0.25, 0.3) is 0 Å². The molecule has 1 aromatic heterocycles. The fraction of sp³-hybridized carbons (Fsp3) is 0.200. The molecule has 1 amide bonds. The second-order valence-corrected chi connectivity index (χ2v) is 6.38. The van der Waals surface area contributed by atoms with Crippen molar-refractivity contribution in [2.24, 2.45) is 0 Å². The third kappa shape index (κ3) is 3.79. The average Bonchev–Trinajstić information content (AvgIpc) is 2.47. The summed E-state index contributed by atoms with van der Waals surface area (Å²) in [6.07, 6.45) is 3.49. The Morgan fingerprint density at radius 3 is 2.65 bits per heavy atom. The molecule has 0 unspecified atom stereocenters. The van der Waals surface area contributed by atoms with Gasteiger partial charge in [0.1, 0.15) is 0 Å². The predicted molar refractivity (Wildman–Crippen MR) is 91.5 cm³/mol. The summed E-state index contributed by atoms with van der Waals surface area (Å²) in [4.78, 5) is 18.5. The number of nitrogens with zero attached hydrogens (tertiary/aromatic N) is 2. The number of hydrogen-bond acceptors (Lipinski definition) is 2. The van der Waals surface area contributed by atoms with Gasteiger partial charge in [-0.3, -0.25) is 9.78 Å². The molecule has 5 heteroatoms. The van der Waals surface area contributed by atoms with Crippen molar-refractivity contribution in [1.29, 1.82) is 0 Å². The van der Waals surface area contributed by atoms with Crippen LogP contribution in [-0.4, -0.2) is 22.3 Å². The molecule has 0 aliphatic carbocycles. The van der Waals surface area contributed by atoms with Gasteiger partial charge in [0.2, 0.25) is 0 Å². The molecule has 0 N–H and O–H groups in total. The van der Waals surface area contributed by atoms with Crippen molar-refractivity contribution in [3.8, 4) is 0 Å². The van der Waals surface area contributed by atoms with Crippen molar-refractivity contribution in [1.82, 2.24) is 9.88 Å². The molecule has 0 radical (unpaired) electrons. The van der Waals surface area contributed by atoms with E-state index in [1.165, 1.54) is 0 Å². The maximum absolute atomic E-state index is 12.6. The smallest absolute Gasteiger partial charge is 0.255 e. The first-order chi connectivity index (χ1) is 9.61. The van der Waals surface area contributed by atoms with Crippen LogP contribution in [0.1, 0.15) is 22.8 Å². The lowest BCUT2D eigenvalue weighted by Crippen LogP contribution is -2.30. The minimum atomic E-state index is 0.0509. The number of aromatic nitrogens is 1. The first kappa shape index (κ1) is 15.4. The molecule has 0 spiro atoms. The van der Waals surface area contributed by atoms with Crippen LogP contribution in [-0.2, 0) is 6.54 Å². The predicted octanol–water partition coefficient (Wildman–Crippen LogP) is 4.11. The van der Waals surface area contributed by atoms with Gasteiger partial charge in [-0.25, -0.2) is 0 Å². The molecular weight excluding hydrogens is 431 g/mol. The van der Waals surface area contributed by atoms with E-state index in [4.69, 9.17) is 0 Å². The van der Waals surface area contributed by atoms with Gasteiger partial charge < -0.3 is 4.90 Å². The van der Waals surface area contributed by atoms with Gasteiger partial charge in [-0.1, -0.05) is 15.9 Å². The Labute approximate surface area is 140 Å². The summed E-state index contributed by atoms with van der Waals surface area (Å²) >= 11 is 5.61. The third-order valence-electron chi connectivity index (χ3n) is 2.95. The van der Waals surface area contributed by atoms with E-state index < -0.39 is 0 Å². The van der Waals surface area contributed by atoms with Gasteiger partial charge in [-0.15, -0.1) is 0 Å². The Morgan fingerprint density at radius 1 is 1.30 bits per heavy atom. The van der Waals surface area contributed by atoms with Gasteiger partial charge in [-0.05, 0) is 65.4 Å². The lowest BCUT2D eigenvalue weighted by atomic mass is 10.2. The Bertz CT molecular complexity index is 604. The molecule has 3 nitrogen and oxygen atoms in total. The Hall–Kier alpha value is -0.950. The third-order valence-corrected chi connectivity index (χ3v) is 4.38. The lowest BCUT2D eigenvalue weighted by molar-refractivity contribution is 0.0751. The summed E-state index contributed by atoms with van der Waals surface area (Å²) in [5.41, 5.74) is 1.82. The van der Waals surface area contributed by atoms with Gasteiger partial charge in [0.05, 0.1) is 5.56 Å². The molecule has 1 aromatic carbocycles. The summed E-state index contributed by atoms with van der Waals surface area (Å²) in [6, 6.07) is 9.62. The maximum atomic E-state index is 12.6. The van der Waals surface area contributed by atoms with Crippen LogP contribution in [0.3, 0.4) is 0 Å². The minimum absolute atomic E-state index is 0.0509. The van der Waals surface area contributed by atoms with E-state index in [1.807, 2.05) is 42.2 Å². The number of rotatable bonds is 4. The molecule has 0 atom stereocenters. The Balaban J connectivity index is 2.23. The van der Waals surface area contributed by atoms with Crippen LogP contribution in [0.2, 0.25) is 0 Å². The first-order valence-electron chi connectivity index (χ1n) is 6.25. The molecule has 0 saturated carbocycles. The summed E-state index contributed by atoms with van der Waals surface area (Å²) in [7, 11) is 0. The fourth-order valence-corrected chi connectivity index (χ4v) is 2.79. The number of halogens is 2. The second-order valence-electron chi connectivity index (χ2n) is 4.30. The highest BCUT2D eigenvalue weighted by Gasteiger charge is 2.17. The van der Waals surface area contributed by atoms with Crippen LogP contribution in [0, 0.1) is 3.57 Å². The van der Waals surface area contributed by atoms with Gasteiger partial charge in [0.15, 0.2) is 0 Å². The molecule has 0 bridgehead atoms. The van der Waals surface area contributed by atoms with Crippen LogP contribution in [0.15, 0.2) is 47.2 Å². The van der Waals surface area contributed by atoms with Crippen molar-refractivity contribution >= 4 is 44.4 Å². The monoisotopic (exact) mass is 444 g/mol. The number of hydrogen-bond donors (Lipinski definition) is 0. The molecule has 0 saturated heterocycles. The lowest BCUT2D eigenvalue weighted by Gasteiger charge is -2.21. The minimum Gasteiger partial charge on any atom is -0.335 e. The summed E-state index contributed by atoms with van der Waals surface area (Å²) in [6.45, 7) is 3.26. The highest BCUT2D eigenvalue weighted by atomic mass is 127. The van der Waals surface area contributed by atoms with Gasteiger partial charge in [0, 0.05) is 33.5 Å². The van der Waals surface area contributed by atoms with E-state index >= 15 is 0 Å². The van der Waals surface area contributed by atoms with E-state index in [1.54, 1.807) is 12.4 Å². The van der Waals surface area contributed by atoms with Crippen LogP contribution in [0.4, 0.5) is 0 Å². The van der Waals surface area contributed by atoms with Gasteiger partial charge in [-0.2, -0.15) is 0 Å². The quantitative estimate of drug-likeness (QED) is 0.665. The van der Waals surface area contributed by atoms with Crippen LogP contribution < -0.4 is 0 Å². The van der Waals surface area contributed by atoms with Crippen molar-refractivity contribution in [3.63, 3.8) is 0 Å². The topological polar surface area (TPSA) is 33.2 Å². The van der Waals surface area contributed by atoms with Crippen LogP contribution >= 0.6 is 38.5 Å². The van der Waals surface area contributed by atoms with Gasteiger partial charge in [0.25, 0.3) is 5.91 Å². The zero-order valence-electron chi connectivity index (χ0n) is 11.0. The zero-order valence-corrected chi connectivity index (χ0v) is 14.8. The van der Waals surface area contributed by atoms with E-state index in [2.05, 4.69) is 43.5 Å². The normalized spacial score (nSPS) is 10.3. The van der Waals surface area contributed by atoms with E-state index in [9.17, 15) is 4.79 Å². The van der Waals surface area contributed by atoms with Crippen LogP contribution in [0.5, 0.6) is 0 Å². The molecule has 0 aliphatic heterocycles. The molecular formula is C15H14BrIN2O. The molecule has 0 aliphatic rings. The average molecular weight is 445 g/mol. The molecule has 20 heavy (non-hydrogen) atoms. The van der Waals surface area contributed by atoms with E-state index in [0.29, 0.717) is 13.1 Å². The number of carbonyl (C=O) groups is 1. The first-order valence-corrected chi connectivity index (χ1v) is 8.12. The highest BCUT2D eigenvalue weighted by Crippen LogP contribution is 2.20. The summed E-state index contributed by atoms with van der Waals surface area (Å²) in [5, 5.41) is 0. The van der Waals surface area contributed by atoms with Crippen molar-refractivity contribution in [2.45, 2.75) is 13.5 Å². The summed E-state index contributed by atoms with van der Waals surface area (Å²) < 4.78 is 1.88. The molecule has 2 rings (SSSR count). The van der Waals surface area contributed by atoms with E-state index in [0.717, 1.165) is 19.2 Å². The van der Waals surface area contributed by atoms with Crippen molar-refractivity contribution in [2.75, 3.05) is 6.54 Å².